The first-order valence-corrected chi connectivity index (χ1v) is 9.69. The number of hydrogen-bond donors (Lipinski definition) is 1. The Bertz CT molecular complexity index is 1080. The van der Waals surface area contributed by atoms with Crippen LogP contribution in [-0.4, -0.2) is 30.7 Å². The lowest BCUT2D eigenvalue weighted by atomic mass is 9.73. The van der Waals surface area contributed by atoms with Crippen LogP contribution in [0.1, 0.15) is 73.9 Å². The van der Waals surface area contributed by atoms with E-state index in [-0.39, 0.29) is 36.3 Å². The number of nitrogens with zero attached hydrogens (tertiary/aromatic N) is 4. The summed E-state index contributed by atoms with van der Waals surface area (Å²) in [7, 11) is 0. The lowest BCUT2D eigenvalue weighted by Gasteiger charge is -2.33. The first-order chi connectivity index (χ1) is 13.4. The number of alkyl halides is 2. The van der Waals surface area contributed by atoms with E-state index in [1.165, 1.54) is 6.20 Å². The number of hydrogen-bond acceptors (Lipinski definition) is 5. The molecule has 2 aliphatic rings. The first kappa shape index (κ1) is 17.5. The minimum absolute atomic E-state index is 0.0224. The van der Waals surface area contributed by atoms with E-state index in [4.69, 9.17) is 9.40 Å². The minimum atomic E-state index is -2.61. The third-order valence-electron chi connectivity index (χ3n) is 6.10. The second-order valence-corrected chi connectivity index (χ2v) is 7.96. The Balaban J connectivity index is 1.49. The van der Waals surface area contributed by atoms with Gasteiger partial charge in [-0.1, -0.05) is 0 Å². The molecule has 1 N–H and O–H groups in total. The van der Waals surface area contributed by atoms with Crippen LogP contribution in [0.4, 0.5) is 8.78 Å². The van der Waals surface area contributed by atoms with E-state index in [9.17, 15) is 13.6 Å². The first-order valence-electron chi connectivity index (χ1n) is 9.69. The standard InChI is InChI=1S/C19H21F2N5O2/c1-10-8-22-18(28-10)13-3-2-12(13)15-24-16-14(17(27)25-15)9-23-26(16)11-4-6-19(20,21)7-5-11/h8-9,11-13H,2-7H2,1H3,(H,24,25,27)/t12?,13-/m1/s1. The molecule has 3 heterocycles. The van der Waals surface area contributed by atoms with Gasteiger partial charge in [0.15, 0.2) is 11.5 Å². The average Bonchev–Trinajstić information content (AvgIpc) is 3.21. The second-order valence-electron chi connectivity index (χ2n) is 7.96. The smallest absolute Gasteiger partial charge is 0.262 e. The van der Waals surface area contributed by atoms with Crippen molar-refractivity contribution in [3.8, 4) is 0 Å². The lowest BCUT2D eigenvalue weighted by molar-refractivity contribution is -0.0446. The van der Waals surface area contributed by atoms with E-state index >= 15 is 0 Å². The van der Waals surface area contributed by atoms with Gasteiger partial charge in [-0.25, -0.2) is 23.4 Å². The number of aromatic amines is 1. The quantitative estimate of drug-likeness (QED) is 0.735. The van der Waals surface area contributed by atoms with Gasteiger partial charge in [0.05, 0.1) is 18.4 Å². The Morgan fingerprint density at radius 3 is 2.57 bits per heavy atom. The van der Waals surface area contributed by atoms with Gasteiger partial charge in [-0.15, -0.1) is 0 Å². The highest BCUT2D eigenvalue weighted by Gasteiger charge is 2.39. The Labute approximate surface area is 159 Å². The fraction of sp³-hybridized carbons (Fsp3) is 0.579. The van der Waals surface area contributed by atoms with Crippen molar-refractivity contribution in [3.05, 3.63) is 40.2 Å². The molecule has 3 aromatic heterocycles. The maximum absolute atomic E-state index is 13.5. The highest BCUT2D eigenvalue weighted by Crippen LogP contribution is 2.47. The Hall–Kier alpha value is -2.58. The number of rotatable bonds is 3. The highest BCUT2D eigenvalue weighted by molar-refractivity contribution is 5.73. The number of fused-ring (bicyclic) bond motifs is 1. The summed E-state index contributed by atoms with van der Waals surface area (Å²) in [4.78, 5) is 24.5. The van der Waals surface area contributed by atoms with Crippen molar-refractivity contribution in [2.45, 2.75) is 69.2 Å². The molecule has 2 saturated carbocycles. The third-order valence-corrected chi connectivity index (χ3v) is 6.10. The Morgan fingerprint density at radius 2 is 1.93 bits per heavy atom. The molecule has 0 spiro atoms. The lowest BCUT2D eigenvalue weighted by Crippen LogP contribution is -2.28. The van der Waals surface area contributed by atoms with E-state index < -0.39 is 5.92 Å². The molecule has 2 aliphatic carbocycles. The molecular weight excluding hydrogens is 368 g/mol. The number of aryl methyl sites for hydroxylation is 1. The molecule has 1 unspecified atom stereocenters. The molecule has 3 aromatic rings. The van der Waals surface area contributed by atoms with Crippen LogP contribution >= 0.6 is 0 Å². The SMILES string of the molecule is Cc1cnc([C@@H]2CCC2c2nc3c(cnn3C3CCC(F)(F)CC3)c(=O)[nH]2)o1. The van der Waals surface area contributed by atoms with Crippen molar-refractivity contribution < 1.29 is 13.2 Å². The maximum atomic E-state index is 13.5. The molecule has 0 radical (unpaired) electrons. The van der Waals surface area contributed by atoms with Gasteiger partial charge in [0, 0.05) is 24.7 Å². The van der Waals surface area contributed by atoms with Crippen LogP contribution in [0, 0.1) is 6.92 Å². The summed E-state index contributed by atoms with van der Waals surface area (Å²) in [5, 5.41) is 4.70. The zero-order valence-electron chi connectivity index (χ0n) is 15.5. The number of nitrogens with one attached hydrogen (secondary N) is 1. The van der Waals surface area contributed by atoms with Crippen molar-refractivity contribution in [1.29, 1.82) is 0 Å². The fourth-order valence-electron chi connectivity index (χ4n) is 4.33. The summed E-state index contributed by atoms with van der Waals surface area (Å²) < 4.78 is 34.3. The molecule has 0 amide bonds. The molecule has 0 saturated heterocycles. The number of aromatic nitrogens is 5. The molecule has 0 bridgehead atoms. The van der Waals surface area contributed by atoms with Gasteiger partial charge in [0.2, 0.25) is 5.92 Å². The van der Waals surface area contributed by atoms with Crippen LogP contribution in [0.15, 0.2) is 21.6 Å². The average molecular weight is 389 g/mol. The van der Waals surface area contributed by atoms with Crippen LogP contribution in [-0.2, 0) is 0 Å². The van der Waals surface area contributed by atoms with Crippen LogP contribution in [0.2, 0.25) is 0 Å². The molecule has 148 valence electrons. The van der Waals surface area contributed by atoms with E-state index in [1.807, 2.05) is 6.92 Å². The van der Waals surface area contributed by atoms with Crippen LogP contribution < -0.4 is 5.56 Å². The molecule has 9 heteroatoms. The summed E-state index contributed by atoms with van der Waals surface area (Å²) in [6.45, 7) is 1.85. The van der Waals surface area contributed by atoms with Gasteiger partial charge >= 0.3 is 0 Å². The predicted molar refractivity (Wildman–Crippen MR) is 96.6 cm³/mol. The van der Waals surface area contributed by atoms with Gasteiger partial charge < -0.3 is 9.40 Å². The third kappa shape index (κ3) is 2.84. The van der Waals surface area contributed by atoms with Crippen molar-refractivity contribution >= 4 is 11.0 Å². The summed E-state index contributed by atoms with van der Waals surface area (Å²) in [6.07, 6.45) is 5.30. The molecular formula is C19H21F2N5O2. The molecule has 2 fully saturated rings. The monoisotopic (exact) mass is 389 g/mol. The van der Waals surface area contributed by atoms with Gasteiger partial charge in [-0.05, 0) is 32.6 Å². The van der Waals surface area contributed by atoms with Crippen LogP contribution in [0.5, 0.6) is 0 Å². The van der Waals surface area contributed by atoms with Gasteiger partial charge in [0.25, 0.3) is 5.56 Å². The molecule has 0 aliphatic heterocycles. The summed E-state index contributed by atoms with van der Waals surface area (Å²) in [5.74, 6) is -0.493. The molecule has 2 atom stereocenters. The topological polar surface area (TPSA) is 89.6 Å². The zero-order valence-corrected chi connectivity index (χ0v) is 15.5. The fourth-order valence-corrected chi connectivity index (χ4v) is 4.33. The Morgan fingerprint density at radius 1 is 1.18 bits per heavy atom. The summed E-state index contributed by atoms with van der Waals surface area (Å²) >= 11 is 0. The van der Waals surface area contributed by atoms with E-state index in [1.54, 1.807) is 10.9 Å². The zero-order chi connectivity index (χ0) is 19.5. The van der Waals surface area contributed by atoms with Crippen molar-refractivity contribution in [3.63, 3.8) is 0 Å². The number of oxazole rings is 1. The van der Waals surface area contributed by atoms with Crippen LogP contribution in [0.3, 0.4) is 0 Å². The number of H-pyrrole nitrogens is 1. The summed E-state index contributed by atoms with van der Waals surface area (Å²) in [6, 6.07) is -0.161. The highest BCUT2D eigenvalue weighted by atomic mass is 19.3. The number of halogens is 2. The normalized spacial score (nSPS) is 25.1. The maximum Gasteiger partial charge on any atom is 0.262 e. The van der Waals surface area contributed by atoms with Crippen molar-refractivity contribution in [1.82, 2.24) is 24.7 Å². The van der Waals surface area contributed by atoms with Gasteiger partial charge in [0.1, 0.15) is 17.0 Å². The van der Waals surface area contributed by atoms with E-state index in [0.717, 1.165) is 18.6 Å². The molecule has 5 rings (SSSR count). The molecule has 28 heavy (non-hydrogen) atoms. The van der Waals surface area contributed by atoms with Crippen molar-refractivity contribution in [2.75, 3.05) is 0 Å². The summed E-state index contributed by atoms with van der Waals surface area (Å²) in [5.41, 5.74) is 0.227. The van der Waals surface area contributed by atoms with E-state index in [0.29, 0.717) is 35.6 Å². The predicted octanol–water partition coefficient (Wildman–Crippen LogP) is 3.83. The minimum Gasteiger partial charge on any atom is -0.446 e. The van der Waals surface area contributed by atoms with Crippen LogP contribution in [0.25, 0.3) is 11.0 Å². The van der Waals surface area contributed by atoms with Crippen molar-refractivity contribution in [2.24, 2.45) is 0 Å². The Kier molecular flexibility index (Phi) is 3.89. The second kappa shape index (κ2) is 6.22. The largest absolute Gasteiger partial charge is 0.446 e. The van der Waals surface area contributed by atoms with Gasteiger partial charge in [-0.2, -0.15) is 5.10 Å². The molecule has 7 nitrogen and oxygen atoms in total. The van der Waals surface area contributed by atoms with E-state index in [2.05, 4.69) is 15.1 Å². The van der Waals surface area contributed by atoms with Gasteiger partial charge in [-0.3, -0.25) is 4.79 Å². The molecule has 0 aromatic carbocycles.